The summed E-state index contributed by atoms with van der Waals surface area (Å²) in [4.78, 5) is 15.3. The molecule has 0 aliphatic carbocycles. The van der Waals surface area contributed by atoms with Crippen molar-refractivity contribution in [2.75, 3.05) is 14.2 Å². The van der Waals surface area contributed by atoms with Gasteiger partial charge < -0.3 is 9.47 Å². The topological polar surface area (TPSA) is 74.5 Å². The number of non-ortho nitro benzene ring substituents is 1. The Labute approximate surface area is 122 Å². The lowest BCUT2D eigenvalue weighted by Gasteiger charge is -2.19. The number of hydrogen-bond donors (Lipinski definition) is 0. The molecule has 2 rings (SSSR count). The molecule has 0 bridgehead atoms. The highest BCUT2D eigenvalue weighted by molar-refractivity contribution is 5.95. The molecule has 0 saturated heterocycles. The predicted octanol–water partition coefficient (Wildman–Crippen LogP) is 3.46. The smallest absolute Gasteiger partial charge is 0.299 e. The molecule has 0 radical (unpaired) electrons. The number of pyridine rings is 1. The van der Waals surface area contributed by atoms with Crippen LogP contribution in [0.15, 0.2) is 18.2 Å². The van der Waals surface area contributed by atoms with Crippen LogP contribution >= 0.6 is 0 Å². The van der Waals surface area contributed by atoms with E-state index in [2.05, 4.69) is 4.98 Å². The minimum absolute atomic E-state index is 0.0891. The number of benzene rings is 1. The largest absolute Gasteiger partial charge is 0.493 e. The molecule has 21 heavy (non-hydrogen) atoms. The fraction of sp³-hybridized carbons (Fsp3) is 0.400. The maximum atomic E-state index is 11.3. The number of hydrogen-bond acceptors (Lipinski definition) is 5. The number of fused-ring (bicyclic) bond motifs is 1. The van der Waals surface area contributed by atoms with E-state index in [1.807, 2.05) is 26.8 Å². The summed E-state index contributed by atoms with van der Waals surface area (Å²) in [6, 6.07) is 4.99. The van der Waals surface area contributed by atoms with Gasteiger partial charge in [0, 0.05) is 11.1 Å². The first-order chi connectivity index (χ1) is 9.79. The SMILES string of the molecule is COc1cc([N+](=O)[O-])c2nc(C(C)(C)C)ccc2c1OC. The molecule has 2 aromatic rings. The average Bonchev–Trinajstić information content (AvgIpc) is 2.43. The molecule has 1 aromatic carbocycles. The Balaban J connectivity index is 2.89. The van der Waals surface area contributed by atoms with E-state index in [-0.39, 0.29) is 11.1 Å². The third kappa shape index (κ3) is 2.61. The molecule has 0 aliphatic heterocycles. The fourth-order valence-corrected chi connectivity index (χ4v) is 2.15. The molecular weight excluding hydrogens is 272 g/mol. The number of methoxy groups -OCH3 is 2. The molecule has 0 N–H and O–H groups in total. The summed E-state index contributed by atoms with van der Waals surface area (Å²) in [5.74, 6) is 0.771. The van der Waals surface area contributed by atoms with Crippen molar-refractivity contribution in [3.05, 3.63) is 34.0 Å². The van der Waals surface area contributed by atoms with E-state index < -0.39 is 4.92 Å². The van der Waals surface area contributed by atoms with Gasteiger partial charge in [0.25, 0.3) is 5.69 Å². The minimum Gasteiger partial charge on any atom is -0.493 e. The third-order valence-electron chi connectivity index (χ3n) is 3.26. The maximum absolute atomic E-state index is 11.3. The van der Waals surface area contributed by atoms with Crippen LogP contribution in [0, 0.1) is 10.1 Å². The highest BCUT2D eigenvalue weighted by Crippen LogP contribution is 2.41. The van der Waals surface area contributed by atoms with Gasteiger partial charge in [0.1, 0.15) is 0 Å². The van der Waals surface area contributed by atoms with Crippen molar-refractivity contribution < 1.29 is 14.4 Å². The lowest BCUT2D eigenvalue weighted by atomic mass is 9.91. The van der Waals surface area contributed by atoms with Gasteiger partial charge in [-0.1, -0.05) is 20.8 Å². The fourth-order valence-electron chi connectivity index (χ4n) is 2.15. The van der Waals surface area contributed by atoms with Crippen LogP contribution in [-0.4, -0.2) is 24.1 Å². The summed E-state index contributed by atoms with van der Waals surface area (Å²) in [7, 11) is 2.95. The van der Waals surface area contributed by atoms with Crippen LogP contribution in [-0.2, 0) is 5.41 Å². The normalized spacial score (nSPS) is 11.5. The van der Waals surface area contributed by atoms with Crippen molar-refractivity contribution in [2.24, 2.45) is 0 Å². The molecule has 0 spiro atoms. The molecule has 1 heterocycles. The van der Waals surface area contributed by atoms with Crippen molar-refractivity contribution in [3.63, 3.8) is 0 Å². The first kappa shape index (κ1) is 15.0. The number of ether oxygens (including phenoxy) is 2. The van der Waals surface area contributed by atoms with Gasteiger partial charge in [0.05, 0.1) is 30.6 Å². The lowest BCUT2D eigenvalue weighted by Crippen LogP contribution is -2.13. The Morgan fingerprint density at radius 3 is 2.33 bits per heavy atom. The number of rotatable bonds is 3. The zero-order valence-corrected chi connectivity index (χ0v) is 12.8. The average molecular weight is 290 g/mol. The van der Waals surface area contributed by atoms with Crippen LogP contribution in [0.5, 0.6) is 11.5 Å². The van der Waals surface area contributed by atoms with E-state index in [9.17, 15) is 10.1 Å². The quantitative estimate of drug-likeness (QED) is 0.639. The van der Waals surface area contributed by atoms with Crippen LogP contribution in [0.1, 0.15) is 26.5 Å². The zero-order valence-electron chi connectivity index (χ0n) is 12.8. The van der Waals surface area contributed by atoms with Gasteiger partial charge in [0.2, 0.25) is 0 Å². The molecule has 0 amide bonds. The second kappa shape index (κ2) is 5.20. The van der Waals surface area contributed by atoms with Gasteiger partial charge in [-0.2, -0.15) is 0 Å². The van der Waals surface area contributed by atoms with E-state index in [4.69, 9.17) is 9.47 Å². The van der Waals surface area contributed by atoms with Crippen LogP contribution in [0.4, 0.5) is 5.69 Å². The number of nitro groups is 1. The van der Waals surface area contributed by atoms with Gasteiger partial charge in [-0.15, -0.1) is 0 Å². The van der Waals surface area contributed by atoms with Crippen LogP contribution in [0.2, 0.25) is 0 Å². The third-order valence-corrected chi connectivity index (χ3v) is 3.26. The summed E-state index contributed by atoms with van der Waals surface area (Å²) in [5.41, 5.74) is 0.805. The molecule has 6 nitrogen and oxygen atoms in total. The van der Waals surface area contributed by atoms with Crippen LogP contribution in [0.3, 0.4) is 0 Å². The van der Waals surface area contributed by atoms with E-state index in [0.717, 1.165) is 5.69 Å². The first-order valence-electron chi connectivity index (χ1n) is 6.50. The zero-order chi connectivity index (χ0) is 15.8. The lowest BCUT2D eigenvalue weighted by molar-refractivity contribution is -0.383. The minimum atomic E-state index is -0.455. The molecule has 0 aliphatic rings. The predicted molar refractivity (Wildman–Crippen MR) is 80.2 cm³/mol. The van der Waals surface area contributed by atoms with Gasteiger partial charge in [-0.25, -0.2) is 4.98 Å². The van der Waals surface area contributed by atoms with E-state index in [1.165, 1.54) is 20.3 Å². The van der Waals surface area contributed by atoms with E-state index in [1.54, 1.807) is 6.07 Å². The van der Waals surface area contributed by atoms with Crippen molar-refractivity contribution in [2.45, 2.75) is 26.2 Å². The van der Waals surface area contributed by atoms with E-state index >= 15 is 0 Å². The van der Waals surface area contributed by atoms with Crippen LogP contribution in [0.25, 0.3) is 10.9 Å². The Kier molecular flexibility index (Phi) is 3.72. The molecule has 0 atom stereocenters. The highest BCUT2D eigenvalue weighted by Gasteiger charge is 2.24. The number of nitrogens with zero attached hydrogens (tertiary/aromatic N) is 2. The summed E-state index contributed by atoms with van der Waals surface area (Å²) < 4.78 is 10.5. The monoisotopic (exact) mass is 290 g/mol. The van der Waals surface area contributed by atoms with Crippen molar-refractivity contribution >= 4 is 16.6 Å². The Morgan fingerprint density at radius 2 is 1.86 bits per heavy atom. The molecule has 0 fully saturated rings. The van der Waals surface area contributed by atoms with Gasteiger partial charge in [-0.3, -0.25) is 10.1 Å². The Hall–Kier alpha value is -2.37. The summed E-state index contributed by atoms with van der Waals surface area (Å²) in [5, 5.41) is 11.9. The Morgan fingerprint density at radius 1 is 1.19 bits per heavy atom. The van der Waals surface area contributed by atoms with Crippen molar-refractivity contribution in [1.82, 2.24) is 4.98 Å². The summed E-state index contributed by atoms with van der Waals surface area (Å²) in [6.45, 7) is 6.02. The molecule has 0 unspecified atom stereocenters. The molecule has 1 aromatic heterocycles. The number of aromatic nitrogens is 1. The summed E-state index contributed by atoms with van der Waals surface area (Å²) >= 11 is 0. The number of nitro benzene ring substituents is 1. The molecule has 6 heteroatoms. The molecular formula is C15H18N2O4. The summed E-state index contributed by atoms with van der Waals surface area (Å²) in [6.07, 6.45) is 0. The highest BCUT2D eigenvalue weighted by atomic mass is 16.6. The Bertz CT molecular complexity index is 705. The second-order valence-corrected chi connectivity index (χ2v) is 5.73. The second-order valence-electron chi connectivity index (χ2n) is 5.73. The van der Waals surface area contributed by atoms with Crippen molar-refractivity contribution in [3.8, 4) is 11.5 Å². The first-order valence-corrected chi connectivity index (χ1v) is 6.50. The van der Waals surface area contributed by atoms with Gasteiger partial charge in [0.15, 0.2) is 17.0 Å². The van der Waals surface area contributed by atoms with Gasteiger partial charge >= 0.3 is 0 Å². The standard InChI is InChI=1S/C15H18N2O4/c1-15(2,3)12-7-6-9-13(16-12)10(17(18)19)8-11(20-4)14(9)21-5/h6-8H,1-5H3. The van der Waals surface area contributed by atoms with Crippen molar-refractivity contribution in [1.29, 1.82) is 0 Å². The molecule has 0 saturated carbocycles. The maximum Gasteiger partial charge on any atom is 0.299 e. The van der Waals surface area contributed by atoms with Crippen LogP contribution < -0.4 is 9.47 Å². The van der Waals surface area contributed by atoms with E-state index in [0.29, 0.717) is 22.4 Å². The molecule has 112 valence electrons. The van der Waals surface area contributed by atoms with Gasteiger partial charge in [-0.05, 0) is 12.1 Å².